The molecule has 1 aromatic rings. The van der Waals surface area contributed by atoms with E-state index in [1.165, 1.54) is 12.1 Å². The van der Waals surface area contributed by atoms with E-state index in [9.17, 15) is 13.9 Å². The third-order valence-electron chi connectivity index (χ3n) is 2.01. The second kappa shape index (κ2) is 5.04. The molecule has 0 aliphatic rings. The van der Waals surface area contributed by atoms with E-state index in [0.29, 0.717) is 5.56 Å². The largest absolute Gasteiger partial charge is 0.435 e. The van der Waals surface area contributed by atoms with Gasteiger partial charge in [0, 0.05) is 0 Å². The molecule has 15 heavy (non-hydrogen) atoms. The van der Waals surface area contributed by atoms with Gasteiger partial charge in [-0.2, -0.15) is 8.78 Å². The molecule has 0 saturated heterocycles. The Morgan fingerprint density at radius 1 is 1.27 bits per heavy atom. The molecule has 0 amide bonds. The molecule has 3 nitrogen and oxygen atoms in total. The Morgan fingerprint density at radius 3 is 2.20 bits per heavy atom. The van der Waals surface area contributed by atoms with Crippen LogP contribution in [-0.4, -0.2) is 17.8 Å². The summed E-state index contributed by atoms with van der Waals surface area (Å²) in [7, 11) is 0. The maximum Gasteiger partial charge on any atom is 0.387 e. The van der Waals surface area contributed by atoms with E-state index in [0.717, 1.165) is 0 Å². The van der Waals surface area contributed by atoms with E-state index >= 15 is 0 Å². The Labute approximate surface area is 86.5 Å². The average Bonchev–Trinajstić information content (AvgIpc) is 2.17. The number of nitrogens with two attached hydrogens (primary N) is 1. The molecule has 0 spiro atoms. The fraction of sp³-hybridized carbons (Fsp3) is 0.400. The third-order valence-corrected chi connectivity index (χ3v) is 2.01. The quantitative estimate of drug-likeness (QED) is 0.806. The van der Waals surface area contributed by atoms with Crippen molar-refractivity contribution in [2.45, 2.75) is 25.7 Å². The molecule has 84 valence electrons. The average molecular weight is 217 g/mol. The first-order chi connectivity index (χ1) is 7.00. The summed E-state index contributed by atoms with van der Waals surface area (Å²) < 4.78 is 27.8. The summed E-state index contributed by atoms with van der Waals surface area (Å²) in [6, 6.07) is 5.36. The number of hydrogen-bond acceptors (Lipinski definition) is 3. The van der Waals surface area contributed by atoms with Gasteiger partial charge in [-0.25, -0.2) is 0 Å². The summed E-state index contributed by atoms with van der Waals surface area (Å²) in [5, 5.41) is 9.21. The third kappa shape index (κ3) is 3.45. The minimum atomic E-state index is -2.83. The zero-order valence-electron chi connectivity index (χ0n) is 8.23. The summed E-state index contributed by atoms with van der Waals surface area (Å²) in [6.45, 7) is -1.27. The number of halogens is 2. The van der Waals surface area contributed by atoms with Crippen LogP contribution in [-0.2, 0) is 0 Å². The number of hydrogen-bond donors (Lipinski definition) is 2. The molecule has 0 heterocycles. The lowest BCUT2D eigenvalue weighted by molar-refractivity contribution is -0.0498. The minimum absolute atomic E-state index is 0.0755. The minimum Gasteiger partial charge on any atom is -0.435 e. The Hall–Kier alpha value is -1.20. The number of aliphatic hydroxyl groups is 1. The van der Waals surface area contributed by atoms with Gasteiger partial charge < -0.3 is 15.6 Å². The maximum atomic E-state index is 11.8. The first-order valence-electron chi connectivity index (χ1n) is 4.49. The van der Waals surface area contributed by atoms with Crippen LogP contribution in [0.1, 0.15) is 18.5 Å². The maximum absolute atomic E-state index is 11.8. The highest BCUT2D eigenvalue weighted by molar-refractivity contribution is 5.29. The Kier molecular flexibility index (Phi) is 3.99. The van der Waals surface area contributed by atoms with Gasteiger partial charge in [0.25, 0.3) is 0 Å². The number of ether oxygens (including phenoxy) is 1. The van der Waals surface area contributed by atoms with E-state index in [4.69, 9.17) is 5.73 Å². The van der Waals surface area contributed by atoms with Crippen LogP contribution >= 0.6 is 0 Å². The van der Waals surface area contributed by atoms with Crippen LogP contribution in [0.4, 0.5) is 8.78 Å². The van der Waals surface area contributed by atoms with E-state index in [1.54, 1.807) is 19.1 Å². The van der Waals surface area contributed by atoms with Crippen LogP contribution in [0.15, 0.2) is 24.3 Å². The van der Waals surface area contributed by atoms with Crippen molar-refractivity contribution in [3.63, 3.8) is 0 Å². The lowest BCUT2D eigenvalue weighted by atomic mass is 10.0. The van der Waals surface area contributed by atoms with Crippen LogP contribution < -0.4 is 10.5 Å². The number of rotatable bonds is 4. The molecule has 5 heteroatoms. The highest BCUT2D eigenvalue weighted by Crippen LogP contribution is 2.19. The van der Waals surface area contributed by atoms with E-state index in [2.05, 4.69) is 4.74 Å². The van der Waals surface area contributed by atoms with Crippen molar-refractivity contribution in [2.24, 2.45) is 5.73 Å². The van der Waals surface area contributed by atoms with Gasteiger partial charge in [0.15, 0.2) is 0 Å². The van der Waals surface area contributed by atoms with Gasteiger partial charge >= 0.3 is 6.61 Å². The number of benzene rings is 1. The van der Waals surface area contributed by atoms with E-state index < -0.39 is 18.8 Å². The standard InChI is InChI=1S/C10H13F2NO2/c1-6(14)9(13)7-2-4-8(5-3-7)15-10(11)12/h2-6,9-10,14H,13H2,1H3/t6-,9+/m0/s1. The lowest BCUT2D eigenvalue weighted by Crippen LogP contribution is -2.22. The molecule has 0 aliphatic carbocycles. The molecule has 0 fully saturated rings. The molecule has 2 atom stereocenters. The summed E-state index contributed by atoms with van der Waals surface area (Å²) in [6.07, 6.45) is -0.688. The molecule has 0 aliphatic heterocycles. The van der Waals surface area contributed by atoms with Gasteiger partial charge in [0.1, 0.15) is 5.75 Å². The first kappa shape index (κ1) is 11.9. The van der Waals surface area contributed by atoms with Crippen molar-refractivity contribution in [3.8, 4) is 5.75 Å². The lowest BCUT2D eigenvalue weighted by Gasteiger charge is -2.15. The van der Waals surface area contributed by atoms with Gasteiger partial charge in [0.05, 0.1) is 12.1 Å². The van der Waals surface area contributed by atoms with Crippen LogP contribution in [0.25, 0.3) is 0 Å². The van der Waals surface area contributed by atoms with Crippen molar-refractivity contribution >= 4 is 0 Å². The van der Waals surface area contributed by atoms with E-state index in [-0.39, 0.29) is 5.75 Å². The van der Waals surface area contributed by atoms with Crippen LogP contribution in [0.5, 0.6) is 5.75 Å². The Balaban J connectivity index is 2.72. The predicted molar refractivity (Wildman–Crippen MR) is 51.7 cm³/mol. The van der Waals surface area contributed by atoms with Crippen molar-refractivity contribution in [3.05, 3.63) is 29.8 Å². The fourth-order valence-corrected chi connectivity index (χ4v) is 1.15. The van der Waals surface area contributed by atoms with Crippen LogP contribution in [0.3, 0.4) is 0 Å². The molecular formula is C10H13F2NO2. The van der Waals surface area contributed by atoms with Crippen molar-refractivity contribution < 1.29 is 18.6 Å². The summed E-state index contributed by atoms with van der Waals surface area (Å²) in [5.41, 5.74) is 6.32. The molecule has 3 N–H and O–H groups in total. The smallest absolute Gasteiger partial charge is 0.387 e. The van der Waals surface area contributed by atoms with Crippen LogP contribution in [0, 0.1) is 0 Å². The number of aliphatic hydroxyl groups excluding tert-OH is 1. The van der Waals surface area contributed by atoms with Gasteiger partial charge in [-0.1, -0.05) is 12.1 Å². The van der Waals surface area contributed by atoms with Gasteiger partial charge in [-0.15, -0.1) is 0 Å². The summed E-state index contributed by atoms with van der Waals surface area (Å²) in [5.74, 6) is 0.0755. The second-order valence-electron chi connectivity index (χ2n) is 3.21. The molecule has 1 rings (SSSR count). The zero-order valence-corrected chi connectivity index (χ0v) is 8.23. The Bertz CT molecular complexity index is 301. The molecule has 0 unspecified atom stereocenters. The SMILES string of the molecule is C[C@H](O)[C@@H](N)c1ccc(OC(F)F)cc1. The molecule has 1 aromatic carbocycles. The van der Waals surface area contributed by atoms with Crippen molar-refractivity contribution in [1.82, 2.24) is 0 Å². The zero-order chi connectivity index (χ0) is 11.4. The summed E-state index contributed by atoms with van der Waals surface area (Å²) in [4.78, 5) is 0. The van der Waals surface area contributed by atoms with Crippen molar-refractivity contribution in [1.29, 1.82) is 0 Å². The van der Waals surface area contributed by atoms with Crippen molar-refractivity contribution in [2.75, 3.05) is 0 Å². The topological polar surface area (TPSA) is 55.5 Å². The first-order valence-corrected chi connectivity index (χ1v) is 4.49. The molecule has 0 bridgehead atoms. The fourth-order valence-electron chi connectivity index (χ4n) is 1.15. The molecular weight excluding hydrogens is 204 g/mol. The second-order valence-corrected chi connectivity index (χ2v) is 3.21. The molecule has 0 aromatic heterocycles. The Morgan fingerprint density at radius 2 is 1.80 bits per heavy atom. The highest BCUT2D eigenvalue weighted by atomic mass is 19.3. The van der Waals surface area contributed by atoms with Gasteiger partial charge in [-0.05, 0) is 24.6 Å². The molecule has 0 radical (unpaired) electrons. The highest BCUT2D eigenvalue weighted by Gasteiger charge is 2.12. The monoisotopic (exact) mass is 217 g/mol. The summed E-state index contributed by atoms with van der Waals surface area (Å²) >= 11 is 0. The van der Waals surface area contributed by atoms with E-state index in [1.807, 2.05) is 0 Å². The molecule has 0 saturated carbocycles. The van der Waals surface area contributed by atoms with Gasteiger partial charge in [-0.3, -0.25) is 0 Å². The number of alkyl halides is 2. The normalized spacial score (nSPS) is 15.1. The van der Waals surface area contributed by atoms with Gasteiger partial charge in [0.2, 0.25) is 0 Å². The van der Waals surface area contributed by atoms with Crippen LogP contribution in [0.2, 0.25) is 0 Å². The predicted octanol–water partition coefficient (Wildman–Crippen LogP) is 1.67.